The number of aromatic nitrogens is 1. The Morgan fingerprint density at radius 3 is 2.90 bits per heavy atom. The van der Waals surface area contributed by atoms with Crippen LogP contribution in [0.15, 0.2) is 30.5 Å². The lowest BCUT2D eigenvalue weighted by molar-refractivity contribution is -0.137. The maximum atomic E-state index is 10.6. The van der Waals surface area contributed by atoms with E-state index in [1.54, 1.807) is 0 Å². The van der Waals surface area contributed by atoms with Gasteiger partial charge in [-0.1, -0.05) is 18.2 Å². The Morgan fingerprint density at radius 1 is 1.35 bits per heavy atom. The molecule has 0 aliphatic carbocycles. The number of hydrogen-bond donors (Lipinski definition) is 1. The van der Waals surface area contributed by atoms with E-state index in [1.807, 2.05) is 19.1 Å². The lowest BCUT2D eigenvalue weighted by Crippen LogP contribution is -1.96. The van der Waals surface area contributed by atoms with Gasteiger partial charge >= 0.3 is 5.97 Å². The molecule has 0 unspecified atom stereocenters. The zero-order chi connectivity index (χ0) is 14.4. The number of rotatable bonds is 6. The van der Waals surface area contributed by atoms with Crippen molar-refractivity contribution in [2.24, 2.45) is 0 Å². The maximum Gasteiger partial charge on any atom is 0.303 e. The largest absolute Gasteiger partial charge is 0.481 e. The van der Waals surface area contributed by atoms with E-state index in [2.05, 4.69) is 34.7 Å². The summed E-state index contributed by atoms with van der Waals surface area (Å²) in [7, 11) is 0. The van der Waals surface area contributed by atoms with Crippen molar-refractivity contribution >= 4 is 16.9 Å². The molecule has 0 atom stereocenters. The van der Waals surface area contributed by atoms with Crippen molar-refractivity contribution in [1.82, 2.24) is 4.57 Å². The Bertz CT molecular complexity index is 658. The van der Waals surface area contributed by atoms with Gasteiger partial charge in [0.2, 0.25) is 0 Å². The maximum absolute atomic E-state index is 10.6. The SMILES string of the molecule is CC#CCCn1cc(CCCC(=O)O)c2ccccc21. The van der Waals surface area contributed by atoms with Gasteiger partial charge < -0.3 is 9.67 Å². The molecular weight excluding hydrogens is 250 g/mol. The summed E-state index contributed by atoms with van der Waals surface area (Å²) in [5.41, 5.74) is 2.43. The minimum Gasteiger partial charge on any atom is -0.481 e. The second-order valence-electron chi connectivity index (χ2n) is 4.79. The highest BCUT2D eigenvalue weighted by molar-refractivity contribution is 5.84. The Kier molecular flexibility index (Phi) is 4.84. The van der Waals surface area contributed by atoms with Crippen LogP contribution < -0.4 is 0 Å². The Hall–Kier alpha value is -2.21. The van der Waals surface area contributed by atoms with E-state index in [4.69, 9.17) is 5.11 Å². The van der Waals surface area contributed by atoms with Crippen molar-refractivity contribution in [2.75, 3.05) is 0 Å². The highest BCUT2D eigenvalue weighted by Gasteiger charge is 2.08. The number of benzene rings is 1. The molecule has 3 heteroatoms. The van der Waals surface area contributed by atoms with Crippen LogP contribution in [0.3, 0.4) is 0 Å². The fourth-order valence-electron chi connectivity index (χ4n) is 2.44. The second kappa shape index (κ2) is 6.81. The zero-order valence-corrected chi connectivity index (χ0v) is 11.7. The predicted molar refractivity (Wildman–Crippen MR) is 80.6 cm³/mol. The van der Waals surface area contributed by atoms with Crippen LogP contribution in [-0.2, 0) is 17.8 Å². The average molecular weight is 269 g/mol. The molecule has 0 saturated heterocycles. The van der Waals surface area contributed by atoms with Crippen LogP contribution in [0.1, 0.15) is 31.7 Å². The third kappa shape index (κ3) is 3.42. The van der Waals surface area contributed by atoms with Gasteiger partial charge in [0.15, 0.2) is 0 Å². The molecule has 0 saturated carbocycles. The van der Waals surface area contributed by atoms with E-state index in [0.29, 0.717) is 6.42 Å². The molecule has 0 aliphatic heterocycles. The number of carbonyl (C=O) groups is 1. The number of hydrogen-bond acceptors (Lipinski definition) is 1. The Balaban J connectivity index is 2.20. The average Bonchev–Trinajstić information content (AvgIpc) is 2.78. The third-order valence-corrected chi connectivity index (χ3v) is 3.36. The summed E-state index contributed by atoms with van der Waals surface area (Å²) in [6.45, 7) is 2.73. The van der Waals surface area contributed by atoms with Gasteiger partial charge in [0.05, 0.1) is 0 Å². The van der Waals surface area contributed by atoms with Gasteiger partial charge in [0.25, 0.3) is 0 Å². The normalized spacial score (nSPS) is 10.2. The van der Waals surface area contributed by atoms with Crippen molar-refractivity contribution < 1.29 is 9.90 Å². The highest BCUT2D eigenvalue weighted by atomic mass is 16.4. The lowest BCUT2D eigenvalue weighted by atomic mass is 10.1. The third-order valence-electron chi connectivity index (χ3n) is 3.36. The van der Waals surface area contributed by atoms with E-state index in [1.165, 1.54) is 16.5 Å². The monoisotopic (exact) mass is 269 g/mol. The Morgan fingerprint density at radius 2 is 2.15 bits per heavy atom. The number of fused-ring (bicyclic) bond motifs is 1. The van der Waals surface area contributed by atoms with Gasteiger partial charge in [-0.3, -0.25) is 4.79 Å². The van der Waals surface area contributed by atoms with Crippen LogP contribution >= 0.6 is 0 Å². The van der Waals surface area contributed by atoms with Gasteiger partial charge in [-0.2, -0.15) is 0 Å². The fourth-order valence-corrected chi connectivity index (χ4v) is 2.44. The van der Waals surface area contributed by atoms with Crippen LogP contribution in [0, 0.1) is 11.8 Å². The van der Waals surface area contributed by atoms with E-state index in [-0.39, 0.29) is 6.42 Å². The molecule has 1 heterocycles. The van der Waals surface area contributed by atoms with Crippen LogP contribution in [0.4, 0.5) is 0 Å². The molecule has 0 bridgehead atoms. The number of nitrogens with zero attached hydrogens (tertiary/aromatic N) is 1. The summed E-state index contributed by atoms with van der Waals surface area (Å²) >= 11 is 0. The second-order valence-corrected chi connectivity index (χ2v) is 4.79. The quantitative estimate of drug-likeness (QED) is 0.816. The van der Waals surface area contributed by atoms with Crippen LogP contribution in [0.2, 0.25) is 0 Å². The van der Waals surface area contributed by atoms with Crippen LogP contribution in [-0.4, -0.2) is 15.6 Å². The number of aryl methyl sites for hydroxylation is 2. The van der Waals surface area contributed by atoms with Gasteiger partial charge in [-0.15, -0.1) is 11.8 Å². The van der Waals surface area contributed by atoms with Crippen LogP contribution in [0.25, 0.3) is 10.9 Å². The standard InChI is InChI=1S/C17H19NO2/c1-2-3-6-12-18-13-14(8-7-11-17(19)20)15-9-4-5-10-16(15)18/h4-5,9-10,13H,6-8,11-12H2,1H3,(H,19,20). The zero-order valence-electron chi connectivity index (χ0n) is 11.7. The van der Waals surface area contributed by atoms with Gasteiger partial charge in [-0.25, -0.2) is 0 Å². The van der Waals surface area contributed by atoms with Crippen LogP contribution in [0.5, 0.6) is 0 Å². The number of para-hydroxylation sites is 1. The summed E-state index contributed by atoms with van der Waals surface area (Å²) in [6.07, 6.45) is 4.69. The molecule has 0 amide bonds. The van der Waals surface area contributed by atoms with Gasteiger partial charge in [-0.05, 0) is 31.4 Å². The van der Waals surface area contributed by atoms with E-state index < -0.39 is 5.97 Å². The molecule has 104 valence electrons. The van der Waals surface area contributed by atoms with Crippen molar-refractivity contribution in [2.45, 2.75) is 39.2 Å². The number of aliphatic carboxylic acids is 1. The fraction of sp³-hybridized carbons (Fsp3) is 0.353. The first-order chi connectivity index (χ1) is 9.72. The molecule has 2 aromatic rings. The minimum absolute atomic E-state index is 0.223. The smallest absolute Gasteiger partial charge is 0.303 e. The van der Waals surface area contributed by atoms with E-state index >= 15 is 0 Å². The molecule has 0 aliphatic rings. The number of carboxylic acid groups (broad SMARTS) is 1. The Labute approximate surface area is 119 Å². The molecule has 1 N–H and O–H groups in total. The molecule has 1 aromatic heterocycles. The van der Waals surface area contributed by atoms with Crippen molar-refractivity contribution in [3.8, 4) is 11.8 Å². The molecule has 0 radical (unpaired) electrons. The summed E-state index contributed by atoms with van der Waals surface area (Å²) in [5, 5.41) is 9.96. The van der Waals surface area contributed by atoms with Crippen molar-refractivity contribution in [3.63, 3.8) is 0 Å². The predicted octanol–water partition coefficient (Wildman–Crippen LogP) is 3.46. The van der Waals surface area contributed by atoms with E-state index in [9.17, 15) is 4.79 Å². The summed E-state index contributed by atoms with van der Waals surface area (Å²) in [4.78, 5) is 10.6. The molecule has 3 nitrogen and oxygen atoms in total. The summed E-state index contributed by atoms with van der Waals surface area (Å²) < 4.78 is 2.22. The minimum atomic E-state index is -0.730. The molecule has 2 rings (SSSR count). The molecule has 20 heavy (non-hydrogen) atoms. The molecule has 0 spiro atoms. The first kappa shape index (κ1) is 14.2. The van der Waals surface area contributed by atoms with Gasteiger partial charge in [0.1, 0.15) is 0 Å². The summed E-state index contributed by atoms with van der Waals surface area (Å²) in [6, 6.07) is 8.27. The first-order valence-corrected chi connectivity index (χ1v) is 6.90. The highest BCUT2D eigenvalue weighted by Crippen LogP contribution is 2.23. The van der Waals surface area contributed by atoms with E-state index in [0.717, 1.165) is 19.4 Å². The molecule has 1 aromatic carbocycles. The number of carboxylic acids is 1. The molecular formula is C17H19NO2. The molecule has 0 fully saturated rings. The van der Waals surface area contributed by atoms with Crippen molar-refractivity contribution in [1.29, 1.82) is 0 Å². The van der Waals surface area contributed by atoms with Gasteiger partial charge in [0, 0.05) is 36.5 Å². The topological polar surface area (TPSA) is 42.2 Å². The first-order valence-electron chi connectivity index (χ1n) is 6.90. The summed E-state index contributed by atoms with van der Waals surface area (Å²) in [5.74, 6) is 5.26. The lowest BCUT2D eigenvalue weighted by Gasteiger charge is -2.01. The van der Waals surface area contributed by atoms with Crippen molar-refractivity contribution in [3.05, 3.63) is 36.0 Å².